The van der Waals surface area contributed by atoms with Crippen LogP contribution in [0.4, 0.5) is 13.2 Å². The van der Waals surface area contributed by atoms with Crippen LogP contribution in [0.5, 0.6) is 0 Å². The highest BCUT2D eigenvalue weighted by molar-refractivity contribution is 6.06. The van der Waals surface area contributed by atoms with Crippen LogP contribution in [0.15, 0.2) is 36.4 Å². The lowest BCUT2D eigenvalue weighted by Crippen LogP contribution is -2.53. The zero-order valence-electron chi connectivity index (χ0n) is 21.1. The van der Waals surface area contributed by atoms with E-state index >= 15 is 0 Å². The quantitative estimate of drug-likeness (QED) is 0.616. The van der Waals surface area contributed by atoms with Crippen molar-refractivity contribution in [3.63, 3.8) is 0 Å². The minimum Gasteiger partial charge on any atom is -0.326 e. The maximum Gasteiger partial charge on any atom is 0.416 e. The Morgan fingerprint density at radius 1 is 1.08 bits per heavy atom. The molecule has 3 heterocycles. The van der Waals surface area contributed by atoms with Gasteiger partial charge in [0.25, 0.3) is 11.8 Å². The van der Waals surface area contributed by atoms with Gasteiger partial charge in [0, 0.05) is 30.6 Å². The zero-order valence-corrected chi connectivity index (χ0v) is 21.1. The lowest BCUT2D eigenvalue weighted by atomic mass is 10.00. The van der Waals surface area contributed by atoms with Gasteiger partial charge in [0.05, 0.1) is 17.6 Å². The molecule has 0 radical (unpaired) electrons. The molecule has 2 aromatic carbocycles. The monoisotopic (exact) mass is 528 g/mol. The second kappa shape index (κ2) is 9.23. The predicted molar refractivity (Wildman–Crippen MR) is 130 cm³/mol. The van der Waals surface area contributed by atoms with E-state index in [-0.39, 0.29) is 37.1 Å². The van der Waals surface area contributed by atoms with Gasteiger partial charge in [-0.05, 0) is 74.5 Å². The molecule has 4 amide bonds. The Bertz CT molecular complexity index is 1360. The van der Waals surface area contributed by atoms with Crippen molar-refractivity contribution in [1.29, 1.82) is 0 Å². The minimum atomic E-state index is -4.49. The Labute approximate surface area is 217 Å². The van der Waals surface area contributed by atoms with Crippen molar-refractivity contribution >= 4 is 23.6 Å². The van der Waals surface area contributed by atoms with Gasteiger partial charge in [-0.3, -0.25) is 24.5 Å². The molecule has 0 bridgehead atoms. The summed E-state index contributed by atoms with van der Waals surface area (Å²) in [5, 5.41) is 2.28. The van der Waals surface area contributed by atoms with Crippen LogP contribution in [0.2, 0.25) is 0 Å². The fourth-order valence-electron chi connectivity index (χ4n) is 5.69. The third-order valence-electron chi connectivity index (χ3n) is 7.52. The number of imide groups is 1. The number of halogens is 3. The van der Waals surface area contributed by atoms with E-state index in [2.05, 4.69) is 5.32 Å². The van der Waals surface area contributed by atoms with Crippen LogP contribution in [0.25, 0.3) is 0 Å². The maximum atomic E-state index is 13.7. The summed E-state index contributed by atoms with van der Waals surface area (Å²) in [4.78, 5) is 55.8. The number of alkyl halides is 3. The molecule has 8 nitrogen and oxygen atoms in total. The van der Waals surface area contributed by atoms with Gasteiger partial charge in [-0.2, -0.15) is 13.2 Å². The smallest absolute Gasteiger partial charge is 0.326 e. The molecule has 38 heavy (non-hydrogen) atoms. The summed E-state index contributed by atoms with van der Waals surface area (Å²) in [5.41, 5.74) is 1.64. The van der Waals surface area contributed by atoms with Gasteiger partial charge in [-0.1, -0.05) is 6.07 Å². The number of benzene rings is 2. The van der Waals surface area contributed by atoms with E-state index in [1.165, 1.54) is 17.0 Å². The van der Waals surface area contributed by atoms with Crippen LogP contribution >= 0.6 is 0 Å². The number of carbonyl (C=O) groups excluding carboxylic acids is 4. The average molecular weight is 529 g/mol. The van der Waals surface area contributed by atoms with E-state index in [1.807, 2.05) is 19.0 Å². The number of carbonyl (C=O) groups is 4. The van der Waals surface area contributed by atoms with Crippen LogP contribution in [0.3, 0.4) is 0 Å². The summed E-state index contributed by atoms with van der Waals surface area (Å²) in [7, 11) is 3.66. The van der Waals surface area contributed by atoms with E-state index in [1.54, 1.807) is 24.0 Å². The van der Waals surface area contributed by atoms with Crippen molar-refractivity contribution in [3.05, 3.63) is 69.8 Å². The van der Waals surface area contributed by atoms with Crippen molar-refractivity contribution in [1.82, 2.24) is 20.0 Å². The van der Waals surface area contributed by atoms with Crippen molar-refractivity contribution in [2.75, 3.05) is 20.6 Å². The molecule has 0 aromatic heterocycles. The van der Waals surface area contributed by atoms with Crippen molar-refractivity contribution in [2.45, 2.75) is 50.6 Å². The molecule has 0 saturated carbocycles. The minimum absolute atomic E-state index is 0.0323. The number of hydrogen-bond donors (Lipinski definition) is 1. The van der Waals surface area contributed by atoms with Crippen LogP contribution in [0, 0.1) is 0 Å². The molecule has 3 aliphatic heterocycles. The number of nitrogens with one attached hydrogen (secondary N) is 1. The first-order valence-electron chi connectivity index (χ1n) is 12.3. The third kappa shape index (κ3) is 4.34. The molecule has 1 saturated heterocycles. The van der Waals surface area contributed by atoms with Crippen molar-refractivity contribution < 1.29 is 32.3 Å². The Hall–Kier alpha value is -3.73. The second-order valence-corrected chi connectivity index (χ2v) is 10.3. The van der Waals surface area contributed by atoms with Crippen molar-refractivity contribution in [2.24, 2.45) is 0 Å². The number of rotatable bonds is 4. The maximum absolute atomic E-state index is 13.7. The second-order valence-electron chi connectivity index (χ2n) is 10.3. The topological polar surface area (TPSA) is 90.0 Å². The van der Waals surface area contributed by atoms with E-state index in [0.29, 0.717) is 34.4 Å². The summed E-state index contributed by atoms with van der Waals surface area (Å²) in [6.45, 7) is 2.22. The SMILES string of the molecule is C[C@@H]1c2cc(C(=O)N3Cc4cc(C(F)(F)F)ccc4[C@@H]3CN(C)C)ccc2C(=O)N1[C@H]1CCC(=O)NC1=O. The van der Waals surface area contributed by atoms with E-state index in [9.17, 15) is 32.3 Å². The molecule has 5 rings (SSSR count). The number of hydrogen-bond acceptors (Lipinski definition) is 5. The summed E-state index contributed by atoms with van der Waals surface area (Å²) < 4.78 is 40.0. The first kappa shape index (κ1) is 25.9. The molecule has 2 aromatic rings. The van der Waals surface area contributed by atoms with Gasteiger partial charge in [0.2, 0.25) is 11.8 Å². The lowest BCUT2D eigenvalue weighted by Gasteiger charge is -2.33. The Morgan fingerprint density at radius 2 is 1.82 bits per heavy atom. The van der Waals surface area contributed by atoms with Gasteiger partial charge in [0.1, 0.15) is 6.04 Å². The van der Waals surface area contributed by atoms with Crippen LogP contribution < -0.4 is 5.32 Å². The molecule has 1 N–H and O–H groups in total. The Balaban J connectivity index is 1.44. The standard InChI is InChI=1S/C27H27F3N4O4/c1-14-20-11-15(4-6-19(20)26(38)34(14)21-8-9-23(35)31-24(21)36)25(37)33-12-16-10-17(27(28,29)30)5-7-18(16)22(33)13-32(2)3/h4-7,10-11,14,21-22H,8-9,12-13H2,1-3H3,(H,31,35,36)/t14-,21+,22+/m1/s1. The molecule has 0 aliphatic carbocycles. The summed E-state index contributed by atoms with van der Waals surface area (Å²) in [6, 6.07) is 6.58. The fourth-order valence-corrected chi connectivity index (χ4v) is 5.69. The molecule has 200 valence electrons. The molecule has 0 spiro atoms. The lowest BCUT2D eigenvalue weighted by molar-refractivity contribution is -0.138. The van der Waals surface area contributed by atoms with Crippen LogP contribution in [0.1, 0.15) is 74.8 Å². The first-order chi connectivity index (χ1) is 17.9. The summed E-state index contributed by atoms with van der Waals surface area (Å²) >= 11 is 0. The van der Waals surface area contributed by atoms with Crippen LogP contribution in [-0.2, 0) is 22.3 Å². The highest BCUT2D eigenvalue weighted by Crippen LogP contribution is 2.41. The van der Waals surface area contributed by atoms with E-state index in [4.69, 9.17) is 0 Å². The molecule has 0 unspecified atom stereocenters. The van der Waals surface area contributed by atoms with Gasteiger partial charge >= 0.3 is 6.18 Å². The predicted octanol–water partition coefficient (Wildman–Crippen LogP) is 3.29. The number of amides is 4. The number of fused-ring (bicyclic) bond motifs is 2. The number of piperidine rings is 1. The van der Waals surface area contributed by atoms with Crippen molar-refractivity contribution in [3.8, 4) is 0 Å². The molecular formula is C27H27F3N4O4. The third-order valence-corrected chi connectivity index (χ3v) is 7.52. The zero-order chi connectivity index (χ0) is 27.5. The highest BCUT2D eigenvalue weighted by Gasteiger charge is 2.44. The highest BCUT2D eigenvalue weighted by atomic mass is 19.4. The largest absolute Gasteiger partial charge is 0.416 e. The van der Waals surface area contributed by atoms with E-state index in [0.717, 1.165) is 12.1 Å². The fraction of sp³-hybridized carbons (Fsp3) is 0.407. The van der Waals surface area contributed by atoms with Gasteiger partial charge in [-0.25, -0.2) is 0 Å². The Kier molecular flexibility index (Phi) is 6.29. The average Bonchev–Trinajstić information content (AvgIpc) is 3.32. The normalized spacial score (nSPS) is 23.1. The van der Waals surface area contributed by atoms with Gasteiger partial charge in [-0.15, -0.1) is 0 Å². The first-order valence-corrected chi connectivity index (χ1v) is 12.3. The number of likely N-dealkylation sites (N-methyl/N-ethyl adjacent to an activating group) is 1. The Morgan fingerprint density at radius 3 is 2.47 bits per heavy atom. The molecule has 3 aliphatic rings. The van der Waals surface area contributed by atoms with Crippen LogP contribution in [-0.4, -0.2) is 65.0 Å². The molecule has 1 fully saturated rings. The molecule has 11 heteroatoms. The summed E-state index contributed by atoms with van der Waals surface area (Å²) in [6.07, 6.45) is -4.13. The number of nitrogens with zero attached hydrogens (tertiary/aromatic N) is 3. The summed E-state index contributed by atoms with van der Waals surface area (Å²) in [5.74, 6) is -1.61. The molecular weight excluding hydrogens is 501 g/mol. The van der Waals surface area contributed by atoms with Gasteiger partial charge < -0.3 is 14.7 Å². The van der Waals surface area contributed by atoms with Gasteiger partial charge in [0.15, 0.2) is 0 Å². The van der Waals surface area contributed by atoms with E-state index < -0.39 is 35.8 Å². The molecule has 3 atom stereocenters.